The molecule has 1 N–H and O–H groups in total. The third-order valence-corrected chi connectivity index (χ3v) is 5.64. The zero-order valence-corrected chi connectivity index (χ0v) is 15.5. The third-order valence-electron chi connectivity index (χ3n) is 5.64. The molecule has 1 amide bonds. The first kappa shape index (κ1) is 17.0. The molecule has 0 unspecified atom stereocenters. The maximum atomic E-state index is 12.7. The van der Waals surface area contributed by atoms with Gasteiger partial charge in [0.05, 0.1) is 29.0 Å². The molecule has 28 heavy (non-hydrogen) atoms. The monoisotopic (exact) mass is 378 g/mol. The van der Waals surface area contributed by atoms with Gasteiger partial charge in [-0.15, -0.1) is 0 Å². The van der Waals surface area contributed by atoms with E-state index in [4.69, 9.17) is 0 Å². The number of nitrogens with one attached hydrogen (secondary N) is 1. The minimum atomic E-state index is 0.00444. The zero-order chi connectivity index (χ0) is 19.1. The van der Waals surface area contributed by atoms with Crippen LogP contribution in [0.15, 0.2) is 41.7 Å². The quantitative estimate of drug-likeness (QED) is 0.743. The van der Waals surface area contributed by atoms with E-state index in [0.29, 0.717) is 30.0 Å². The van der Waals surface area contributed by atoms with Crippen molar-refractivity contribution in [3.05, 3.63) is 52.8 Å². The van der Waals surface area contributed by atoms with E-state index in [1.165, 1.54) is 12.8 Å². The normalized spacial score (nSPS) is 17.3. The summed E-state index contributed by atoms with van der Waals surface area (Å²) in [7, 11) is 0. The fourth-order valence-electron chi connectivity index (χ4n) is 3.77. The van der Waals surface area contributed by atoms with Gasteiger partial charge in [-0.25, -0.2) is 4.98 Å². The van der Waals surface area contributed by atoms with Crippen molar-refractivity contribution in [2.75, 3.05) is 31.1 Å². The van der Waals surface area contributed by atoms with Gasteiger partial charge in [0.1, 0.15) is 0 Å². The van der Waals surface area contributed by atoms with Crippen LogP contribution in [0.5, 0.6) is 0 Å². The Morgan fingerprint density at radius 1 is 1.18 bits per heavy atom. The number of benzene rings is 1. The molecule has 144 valence electrons. The predicted molar refractivity (Wildman–Crippen MR) is 105 cm³/mol. The van der Waals surface area contributed by atoms with Crippen LogP contribution in [-0.2, 0) is 6.54 Å². The van der Waals surface area contributed by atoms with Crippen LogP contribution < -0.4 is 10.5 Å². The summed E-state index contributed by atoms with van der Waals surface area (Å²) in [6.45, 7) is 3.56. The number of aromatic amines is 1. The van der Waals surface area contributed by atoms with Crippen LogP contribution in [0.3, 0.4) is 0 Å². The molecule has 1 aliphatic carbocycles. The lowest BCUT2D eigenvalue weighted by atomic mass is 10.2. The lowest BCUT2D eigenvalue weighted by Crippen LogP contribution is -2.48. The summed E-state index contributed by atoms with van der Waals surface area (Å²) in [6.07, 6.45) is 7.27. The number of rotatable bonds is 4. The van der Waals surface area contributed by atoms with Gasteiger partial charge in [-0.2, -0.15) is 5.10 Å². The standard InChI is InChI=1S/C20H22N6O2/c27-19(15-10-22-23-11-15)25-7-5-24(6-8-25)16-3-4-17-18(9-16)21-13-26(20(17)28)12-14-1-2-14/h3-4,9-11,13-14H,1-2,5-8,12H2,(H,22,23). The van der Waals surface area contributed by atoms with E-state index < -0.39 is 0 Å². The molecule has 2 fully saturated rings. The average molecular weight is 378 g/mol. The molecule has 0 spiro atoms. The van der Waals surface area contributed by atoms with Crippen LogP contribution in [0.2, 0.25) is 0 Å². The van der Waals surface area contributed by atoms with Gasteiger partial charge in [0.25, 0.3) is 11.5 Å². The van der Waals surface area contributed by atoms with Gasteiger partial charge in [-0.05, 0) is 37.0 Å². The number of nitrogens with zero attached hydrogens (tertiary/aromatic N) is 5. The molecule has 2 aliphatic rings. The minimum absolute atomic E-state index is 0.00444. The van der Waals surface area contributed by atoms with E-state index in [1.54, 1.807) is 23.3 Å². The number of hydrogen-bond acceptors (Lipinski definition) is 5. The molecule has 1 aromatic carbocycles. The maximum absolute atomic E-state index is 12.7. The lowest BCUT2D eigenvalue weighted by molar-refractivity contribution is 0.0747. The summed E-state index contributed by atoms with van der Waals surface area (Å²) in [5, 5.41) is 7.19. The Bertz CT molecular complexity index is 1060. The predicted octanol–water partition coefficient (Wildman–Crippen LogP) is 1.49. The molecule has 1 saturated carbocycles. The highest BCUT2D eigenvalue weighted by atomic mass is 16.2. The Kier molecular flexibility index (Phi) is 4.11. The number of H-pyrrole nitrogens is 1. The van der Waals surface area contributed by atoms with E-state index in [2.05, 4.69) is 20.1 Å². The van der Waals surface area contributed by atoms with Gasteiger partial charge in [0.15, 0.2) is 0 Å². The molecule has 3 aromatic rings. The molecule has 8 heteroatoms. The Morgan fingerprint density at radius 3 is 2.71 bits per heavy atom. The van der Waals surface area contributed by atoms with Crippen LogP contribution in [0.4, 0.5) is 5.69 Å². The van der Waals surface area contributed by atoms with Crippen LogP contribution >= 0.6 is 0 Å². The molecular weight excluding hydrogens is 356 g/mol. The van der Waals surface area contributed by atoms with Crippen LogP contribution in [-0.4, -0.2) is 56.7 Å². The smallest absolute Gasteiger partial charge is 0.261 e. The number of piperazine rings is 1. The molecule has 3 heterocycles. The van der Waals surface area contributed by atoms with E-state index in [9.17, 15) is 9.59 Å². The molecule has 0 bridgehead atoms. The second-order valence-electron chi connectivity index (χ2n) is 7.61. The summed E-state index contributed by atoms with van der Waals surface area (Å²) in [5.41, 5.74) is 2.39. The van der Waals surface area contributed by atoms with Crippen LogP contribution in [0.25, 0.3) is 10.9 Å². The highest BCUT2D eigenvalue weighted by Gasteiger charge is 2.24. The van der Waals surface area contributed by atoms with Crippen molar-refractivity contribution >= 4 is 22.5 Å². The molecule has 1 aliphatic heterocycles. The number of carbonyl (C=O) groups is 1. The molecule has 0 radical (unpaired) electrons. The Labute approximate surface area is 161 Å². The minimum Gasteiger partial charge on any atom is -0.368 e. The molecule has 2 aromatic heterocycles. The second kappa shape index (κ2) is 6.78. The fraction of sp³-hybridized carbons (Fsp3) is 0.400. The van der Waals surface area contributed by atoms with Crippen molar-refractivity contribution in [2.24, 2.45) is 5.92 Å². The second-order valence-corrected chi connectivity index (χ2v) is 7.61. The lowest BCUT2D eigenvalue weighted by Gasteiger charge is -2.36. The van der Waals surface area contributed by atoms with E-state index in [0.717, 1.165) is 30.8 Å². The number of anilines is 1. The van der Waals surface area contributed by atoms with Crippen LogP contribution in [0.1, 0.15) is 23.2 Å². The first-order valence-electron chi connectivity index (χ1n) is 9.71. The molecule has 8 nitrogen and oxygen atoms in total. The number of aromatic nitrogens is 4. The summed E-state index contributed by atoms with van der Waals surface area (Å²) in [4.78, 5) is 33.7. The Hall–Kier alpha value is -3.16. The number of carbonyl (C=O) groups excluding carboxylic acids is 1. The van der Waals surface area contributed by atoms with E-state index in [1.807, 2.05) is 23.1 Å². The number of fused-ring (bicyclic) bond motifs is 1. The van der Waals surface area contributed by atoms with Gasteiger partial charge in [-0.1, -0.05) is 0 Å². The summed E-state index contributed by atoms with van der Waals surface area (Å²) < 4.78 is 1.74. The maximum Gasteiger partial charge on any atom is 0.261 e. The van der Waals surface area contributed by atoms with Gasteiger partial charge < -0.3 is 9.80 Å². The SMILES string of the molecule is O=C(c1cn[nH]c1)N1CCN(c2ccc3c(=O)n(CC4CC4)cnc3c2)CC1. The summed E-state index contributed by atoms with van der Waals surface area (Å²) >= 11 is 0. The summed E-state index contributed by atoms with van der Waals surface area (Å²) in [6, 6.07) is 5.85. The van der Waals surface area contributed by atoms with Crippen molar-refractivity contribution < 1.29 is 4.79 Å². The first-order valence-corrected chi connectivity index (χ1v) is 9.71. The van der Waals surface area contributed by atoms with Crippen molar-refractivity contribution in [3.63, 3.8) is 0 Å². The number of hydrogen-bond donors (Lipinski definition) is 1. The molecular formula is C20H22N6O2. The zero-order valence-electron chi connectivity index (χ0n) is 15.5. The topological polar surface area (TPSA) is 87.1 Å². The van der Waals surface area contributed by atoms with Crippen molar-refractivity contribution in [2.45, 2.75) is 19.4 Å². The first-order chi connectivity index (χ1) is 13.7. The van der Waals surface area contributed by atoms with Crippen LogP contribution in [0, 0.1) is 5.92 Å². The molecule has 1 saturated heterocycles. The third kappa shape index (κ3) is 3.15. The van der Waals surface area contributed by atoms with Crippen molar-refractivity contribution in [3.8, 4) is 0 Å². The Morgan fingerprint density at radius 2 is 2.00 bits per heavy atom. The molecule has 5 rings (SSSR count). The van der Waals surface area contributed by atoms with Gasteiger partial charge in [0.2, 0.25) is 0 Å². The highest BCUT2D eigenvalue weighted by Crippen LogP contribution is 2.30. The van der Waals surface area contributed by atoms with Gasteiger partial charge in [0, 0.05) is 44.6 Å². The van der Waals surface area contributed by atoms with Crippen molar-refractivity contribution in [1.29, 1.82) is 0 Å². The molecule has 0 atom stereocenters. The number of amides is 1. The fourth-order valence-corrected chi connectivity index (χ4v) is 3.77. The van der Waals surface area contributed by atoms with Gasteiger partial charge in [-0.3, -0.25) is 19.3 Å². The van der Waals surface area contributed by atoms with Crippen molar-refractivity contribution in [1.82, 2.24) is 24.6 Å². The Balaban J connectivity index is 1.31. The average Bonchev–Trinajstić information content (AvgIpc) is 3.38. The van der Waals surface area contributed by atoms with Gasteiger partial charge >= 0.3 is 0 Å². The summed E-state index contributed by atoms with van der Waals surface area (Å²) in [5.74, 6) is 0.641. The highest BCUT2D eigenvalue weighted by molar-refractivity contribution is 5.93. The van der Waals surface area contributed by atoms with E-state index >= 15 is 0 Å². The van der Waals surface area contributed by atoms with E-state index in [-0.39, 0.29) is 11.5 Å². The largest absolute Gasteiger partial charge is 0.368 e.